The van der Waals surface area contributed by atoms with E-state index in [1.165, 1.54) is 60.0 Å². The van der Waals surface area contributed by atoms with Crippen molar-refractivity contribution in [2.24, 2.45) is 5.41 Å². The van der Waals surface area contributed by atoms with E-state index in [2.05, 4.69) is 70.5 Å². The molecular weight excluding hydrogens is 468 g/mol. The highest BCUT2D eigenvalue weighted by Crippen LogP contribution is 2.47. The lowest BCUT2D eigenvalue weighted by Gasteiger charge is -2.42. The molecule has 3 aliphatic rings. The van der Waals surface area contributed by atoms with Crippen LogP contribution in [0.1, 0.15) is 72.6 Å². The monoisotopic (exact) mass is 508 g/mol. The van der Waals surface area contributed by atoms with Gasteiger partial charge in [-0.15, -0.1) is 0 Å². The number of phenolic OH excluding ortho intramolecular Hbond substituents is 1. The zero-order valence-corrected chi connectivity index (χ0v) is 22.4. The summed E-state index contributed by atoms with van der Waals surface area (Å²) in [5.41, 5.74) is 7.08. The summed E-state index contributed by atoms with van der Waals surface area (Å²) < 4.78 is 0. The standard InChI is InChI=1S/C34H40N2O2/c37-23-22-35-19-4-16-34(25-35)17-5-20-36(21-18-34)29-11-8-27(9-12-29)33-31(26-6-2-1-3-7-26)14-10-28-24-30(38)13-15-32(28)33/h1-3,6-9,11-13,15,23-24,31,33,38H,4-5,10,14,16-22,25H2/t31?,33-,34?/m1/s1. The quantitative estimate of drug-likeness (QED) is 0.398. The fraction of sp³-hybridized carbons (Fsp3) is 0.441. The average molecular weight is 509 g/mol. The first-order valence-electron chi connectivity index (χ1n) is 14.5. The minimum absolute atomic E-state index is 0.286. The van der Waals surface area contributed by atoms with Crippen molar-refractivity contribution in [2.45, 2.75) is 56.8 Å². The number of aryl methyl sites for hydroxylation is 1. The molecule has 3 atom stereocenters. The average Bonchev–Trinajstić information content (AvgIpc) is 3.15. The zero-order chi connectivity index (χ0) is 26.0. The molecule has 0 saturated carbocycles. The van der Waals surface area contributed by atoms with Gasteiger partial charge in [-0.1, -0.05) is 48.5 Å². The molecule has 1 aliphatic carbocycles. The van der Waals surface area contributed by atoms with Gasteiger partial charge in [0, 0.05) is 31.2 Å². The number of fused-ring (bicyclic) bond motifs is 1. The summed E-state index contributed by atoms with van der Waals surface area (Å²) in [6.45, 7) is 4.93. The van der Waals surface area contributed by atoms with E-state index in [-0.39, 0.29) is 5.92 Å². The van der Waals surface area contributed by atoms with Gasteiger partial charge in [0.1, 0.15) is 12.0 Å². The third-order valence-corrected chi connectivity index (χ3v) is 9.55. The number of phenols is 1. The van der Waals surface area contributed by atoms with Crippen molar-refractivity contribution in [1.29, 1.82) is 0 Å². The molecule has 1 N–H and O–H groups in total. The number of carbonyl (C=O) groups is 1. The molecule has 3 aromatic rings. The van der Waals surface area contributed by atoms with E-state index in [1.807, 2.05) is 12.1 Å². The van der Waals surface area contributed by atoms with Crippen molar-refractivity contribution in [1.82, 2.24) is 4.90 Å². The lowest BCUT2D eigenvalue weighted by atomic mass is 9.69. The molecule has 0 radical (unpaired) electrons. The fourth-order valence-electron chi connectivity index (χ4n) is 7.66. The number of nitrogens with zero attached hydrogens (tertiary/aromatic N) is 2. The van der Waals surface area contributed by atoms with E-state index < -0.39 is 0 Å². The number of rotatable bonds is 5. The van der Waals surface area contributed by atoms with Gasteiger partial charge >= 0.3 is 0 Å². The molecule has 4 heteroatoms. The van der Waals surface area contributed by atoms with Gasteiger partial charge in [0.05, 0.1) is 6.54 Å². The van der Waals surface area contributed by atoms with E-state index in [0.29, 0.717) is 23.6 Å². The fourth-order valence-corrected chi connectivity index (χ4v) is 7.66. The molecule has 0 amide bonds. The Labute approximate surface area is 227 Å². The molecule has 0 bridgehead atoms. The van der Waals surface area contributed by atoms with E-state index >= 15 is 0 Å². The Kier molecular flexibility index (Phi) is 7.25. The Morgan fingerprint density at radius 2 is 1.66 bits per heavy atom. The van der Waals surface area contributed by atoms with Crippen LogP contribution in [0.5, 0.6) is 5.75 Å². The van der Waals surface area contributed by atoms with Crippen LogP contribution in [0.3, 0.4) is 0 Å². The largest absolute Gasteiger partial charge is 0.508 e. The van der Waals surface area contributed by atoms with Crippen molar-refractivity contribution in [3.05, 3.63) is 95.1 Å². The first-order valence-corrected chi connectivity index (χ1v) is 14.5. The van der Waals surface area contributed by atoms with Gasteiger partial charge < -0.3 is 14.8 Å². The Balaban J connectivity index is 1.23. The van der Waals surface area contributed by atoms with Gasteiger partial charge in [0.2, 0.25) is 0 Å². The topological polar surface area (TPSA) is 43.8 Å². The molecule has 6 rings (SSSR count). The normalized spacial score (nSPS) is 26.1. The second kappa shape index (κ2) is 10.9. The number of hydrogen-bond acceptors (Lipinski definition) is 4. The summed E-state index contributed by atoms with van der Waals surface area (Å²) >= 11 is 0. The third kappa shape index (κ3) is 5.11. The molecule has 4 nitrogen and oxygen atoms in total. The summed E-state index contributed by atoms with van der Waals surface area (Å²) in [4.78, 5) is 16.1. The smallest absolute Gasteiger partial charge is 0.133 e. The lowest BCUT2D eigenvalue weighted by molar-refractivity contribution is -0.109. The third-order valence-electron chi connectivity index (χ3n) is 9.55. The number of anilines is 1. The van der Waals surface area contributed by atoms with E-state index in [0.717, 1.165) is 45.3 Å². The maximum absolute atomic E-state index is 11.1. The summed E-state index contributed by atoms with van der Waals surface area (Å²) in [6, 6.07) is 26.3. The summed E-state index contributed by atoms with van der Waals surface area (Å²) in [5, 5.41) is 10.1. The van der Waals surface area contributed by atoms with Crippen LogP contribution in [0.15, 0.2) is 72.8 Å². The highest BCUT2D eigenvalue weighted by atomic mass is 16.3. The van der Waals surface area contributed by atoms with Crippen LogP contribution < -0.4 is 4.90 Å². The summed E-state index contributed by atoms with van der Waals surface area (Å²) in [6.07, 6.45) is 9.35. The SMILES string of the molecule is O=CCN1CCCC2(CCCN(c3ccc([C@H]4c5ccc(O)cc5CCC4c4ccccc4)cc3)CC2)C1. The summed E-state index contributed by atoms with van der Waals surface area (Å²) in [7, 11) is 0. The van der Waals surface area contributed by atoms with Crippen molar-refractivity contribution >= 4 is 12.0 Å². The first kappa shape index (κ1) is 25.2. The molecule has 2 aliphatic heterocycles. The van der Waals surface area contributed by atoms with Crippen molar-refractivity contribution < 1.29 is 9.90 Å². The lowest BCUT2D eigenvalue weighted by Crippen LogP contribution is -2.44. The number of carbonyl (C=O) groups excluding carboxylic acids is 1. The number of hydrogen-bond donors (Lipinski definition) is 1. The number of aromatic hydroxyl groups is 1. The Hall–Kier alpha value is -3.11. The number of aldehydes is 1. The minimum Gasteiger partial charge on any atom is -0.508 e. The highest BCUT2D eigenvalue weighted by molar-refractivity contribution is 5.53. The molecule has 198 valence electrons. The molecule has 2 fully saturated rings. The van der Waals surface area contributed by atoms with Gasteiger partial charge in [0.15, 0.2) is 0 Å². The number of piperidine rings is 1. The van der Waals surface area contributed by atoms with Crippen LogP contribution in [0.2, 0.25) is 0 Å². The highest BCUT2D eigenvalue weighted by Gasteiger charge is 2.37. The Morgan fingerprint density at radius 1 is 0.868 bits per heavy atom. The van der Waals surface area contributed by atoms with Crippen molar-refractivity contribution in [2.75, 3.05) is 37.6 Å². The minimum atomic E-state index is 0.286. The second-order valence-corrected chi connectivity index (χ2v) is 11.9. The van der Waals surface area contributed by atoms with Crippen LogP contribution in [0.25, 0.3) is 0 Å². The predicted octanol–water partition coefficient (Wildman–Crippen LogP) is 6.53. The predicted molar refractivity (Wildman–Crippen MR) is 154 cm³/mol. The van der Waals surface area contributed by atoms with Crippen LogP contribution in [-0.4, -0.2) is 49.0 Å². The summed E-state index contributed by atoms with van der Waals surface area (Å²) in [5.74, 6) is 1.08. The molecular formula is C34H40N2O2. The van der Waals surface area contributed by atoms with Gasteiger partial charge in [0.25, 0.3) is 0 Å². The number of likely N-dealkylation sites (tertiary alicyclic amines) is 1. The van der Waals surface area contributed by atoms with E-state index in [9.17, 15) is 9.90 Å². The molecule has 38 heavy (non-hydrogen) atoms. The molecule has 3 aromatic carbocycles. The molecule has 2 saturated heterocycles. The number of benzene rings is 3. The molecule has 0 aromatic heterocycles. The zero-order valence-electron chi connectivity index (χ0n) is 22.4. The molecule has 2 heterocycles. The van der Waals surface area contributed by atoms with Crippen LogP contribution >= 0.6 is 0 Å². The van der Waals surface area contributed by atoms with Crippen molar-refractivity contribution in [3.8, 4) is 5.75 Å². The van der Waals surface area contributed by atoms with Gasteiger partial charge in [-0.3, -0.25) is 4.90 Å². The van der Waals surface area contributed by atoms with Crippen molar-refractivity contribution in [3.63, 3.8) is 0 Å². The molecule has 2 unspecified atom stereocenters. The maximum atomic E-state index is 11.1. The van der Waals surface area contributed by atoms with Gasteiger partial charge in [-0.05, 0) is 109 Å². The van der Waals surface area contributed by atoms with Gasteiger partial charge in [-0.2, -0.15) is 0 Å². The maximum Gasteiger partial charge on any atom is 0.133 e. The van der Waals surface area contributed by atoms with E-state index in [4.69, 9.17) is 0 Å². The Bertz CT molecular complexity index is 1240. The van der Waals surface area contributed by atoms with E-state index in [1.54, 1.807) is 0 Å². The van der Waals surface area contributed by atoms with Crippen LogP contribution in [-0.2, 0) is 11.2 Å². The Morgan fingerprint density at radius 3 is 2.45 bits per heavy atom. The van der Waals surface area contributed by atoms with Crippen LogP contribution in [0.4, 0.5) is 5.69 Å². The first-order chi connectivity index (χ1) is 18.6. The molecule has 1 spiro atoms. The second-order valence-electron chi connectivity index (χ2n) is 11.9. The van der Waals surface area contributed by atoms with Crippen LogP contribution in [0, 0.1) is 5.41 Å². The van der Waals surface area contributed by atoms with Gasteiger partial charge in [-0.25, -0.2) is 0 Å².